The number of piperazine rings is 1. The summed E-state index contributed by atoms with van der Waals surface area (Å²) in [5.74, 6) is 1.71. The maximum Gasteiger partial charge on any atom is 0.234 e. The van der Waals surface area contributed by atoms with Gasteiger partial charge in [-0.15, -0.1) is 0 Å². The van der Waals surface area contributed by atoms with E-state index in [2.05, 4.69) is 30.2 Å². The first kappa shape index (κ1) is 19.1. The quantitative estimate of drug-likeness (QED) is 0.661. The van der Waals surface area contributed by atoms with E-state index < -0.39 is 0 Å². The van der Waals surface area contributed by atoms with Gasteiger partial charge in [0.2, 0.25) is 5.91 Å². The van der Waals surface area contributed by atoms with Crippen molar-refractivity contribution in [2.45, 2.75) is 6.54 Å². The second-order valence-corrected chi connectivity index (χ2v) is 7.05. The predicted molar refractivity (Wildman–Crippen MR) is 110 cm³/mol. The monoisotopic (exact) mass is 395 g/mol. The van der Waals surface area contributed by atoms with E-state index in [0.29, 0.717) is 13.1 Å². The number of anilines is 1. The molecule has 0 unspecified atom stereocenters. The van der Waals surface area contributed by atoms with Gasteiger partial charge in [0.05, 0.1) is 25.2 Å². The van der Waals surface area contributed by atoms with Crippen LogP contribution in [0, 0.1) is 0 Å². The number of benzene rings is 1. The summed E-state index contributed by atoms with van der Waals surface area (Å²) in [7, 11) is 3.51. The van der Waals surface area contributed by atoms with Crippen LogP contribution in [0.1, 0.15) is 5.56 Å². The molecule has 0 radical (unpaired) electrons. The Kier molecular flexibility index (Phi) is 5.57. The van der Waals surface area contributed by atoms with E-state index in [1.165, 1.54) is 0 Å². The largest absolute Gasteiger partial charge is 0.496 e. The van der Waals surface area contributed by atoms with Crippen LogP contribution < -0.4 is 15.0 Å². The number of ether oxygens (including phenoxy) is 1. The average Bonchev–Trinajstić information content (AvgIpc) is 3.14. The van der Waals surface area contributed by atoms with Gasteiger partial charge < -0.3 is 15.0 Å². The number of methoxy groups -OCH3 is 1. The first-order valence-electron chi connectivity index (χ1n) is 9.64. The molecule has 2 aromatic heterocycles. The van der Waals surface area contributed by atoms with Crippen LogP contribution in [0.4, 0.5) is 5.82 Å². The zero-order valence-electron chi connectivity index (χ0n) is 16.7. The van der Waals surface area contributed by atoms with E-state index in [9.17, 15) is 4.79 Å². The Morgan fingerprint density at radius 3 is 2.76 bits per heavy atom. The molecule has 152 valence electrons. The molecule has 4 rings (SSSR count). The highest BCUT2D eigenvalue weighted by Gasteiger charge is 2.22. The molecule has 9 nitrogen and oxygen atoms in total. The minimum Gasteiger partial charge on any atom is -0.496 e. The molecule has 1 amide bonds. The Morgan fingerprint density at radius 2 is 1.97 bits per heavy atom. The molecule has 0 spiro atoms. The first-order valence-corrected chi connectivity index (χ1v) is 9.64. The molecule has 0 atom stereocenters. The lowest BCUT2D eigenvalue weighted by atomic mass is 10.2. The zero-order chi connectivity index (χ0) is 20.2. The van der Waals surface area contributed by atoms with Crippen LogP contribution in [0.5, 0.6) is 5.75 Å². The third-order valence-corrected chi connectivity index (χ3v) is 5.22. The highest BCUT2D eigenvalue weighted by molar-refractivity contribution is 5.86. The lowest BCUT2D eigenvalue weighted by molar-refractivity contribution is -0.122. The number of para-hydroxylation sites is 1. The second kappa shape index (κ2) is 8.44. The summed E-state index contributed by atoms with van der Waals surface area (Å²) in [4.78, 5) is 25.5. The molecule has 1 saturated heterocycles. The fourth-order valence-corrected chi connectivity index (χ4v) is 3.62. The summed E-state index contributed by atoms with van der Waals surface area (Å²) in [5, 5.41) is 8.22. The number of rotatable bonds is 6. The van der Waals surface area contributed by atoms with Crippen molar-refractivity contribution in [3.05, 3.63) is 42.4 Å². The average molecular weight is 395 g/mol. The van der Waals surface area contributed by atoms with Gasteiger partial charge in [0, 0.05) is 45.3 Å². The highest BCUT2D eigenvalue weighted by Crippen LogP contribution is 2.23. The molecule has 1 aliphatic heterocycles. The zero-order valence-corrected chi connectivity index (χ0v) is 16.7. The van der Waals surface area contributed by atoms with Gasteiger partial charge in [0.25, 0.3) is 0 Å². The van der Waals surface area contributed by atoms with Crippen molar-refractivity contribution in [2.75, 3.05) is 44.7 Å². The summed E-state index contributed by atoms with van der Waals surface area (Å²) >= 11 is 0. The SMILES string of the molecule is COc1ccccc1CNC(=O)CN1CCN(c2ncnc3c2cnn3C)CC1. The topological polar surface area (TPSA) is 88.4 Å². The molecular weight excluding hydrogens is 370 g/mol. The van der Waals surface area contributed by atoms with E-state index in [1.807, 2.05) is 37.5 Å². The van der Waals surface area contributed by atoms with E-state index >= 15 is 0 Å². The van der Waals surface area contributed by atoms with E-state index in [1.54, 1.807) is 18.1 Å². The normalized spacial score (nSPS) is 14.9. The lowest BCUT2D eigenvalue weighted by Gasteiger charge is -2.35. The smallest absolute Gasteiger partial charge is 0.234 e. The van der Waals surface area contributed by atoms with Crippen molar-refractivity contribution in [3.8, 4) is 5.75 Å². The van der Waals surface area contributed by atoms with E-state index in [4.69, 9.17) is 4.74 Å². The molecule has 0 saturated carbocycles. The van der Waals surface area contributed by atoms with Gasteiger partial charge in [-0.3, -0.25) is 14.4 Å². The number of hydrogen-bond acceptors (Lipinski definition) is 7. The Hall–Kier alpha value is -3.20. The number of nitrogens with one attached hydrogen (secondary N) is 1. The molecule has 0 bridgehead atoms. The Bertz CT molecular complexity index is 995. The second-order valence-electron chi connectivity index (χ2n) is 7.05. The number of aryl methyl sites for hydroxylation is 1. The summed E-state index contributed by atoms with van der Waals surface area (Å²) < 4.78 is 7.08. The number of amides is 1. The number of nitrogens with zero attached hydrogens (tertiary/aromatic N) is 6. The van der Waals surface area contributed by atoms with Crippen molar-refractivity contribution in [1.82, 2.24) is 30.0 Å². The minimum absolute atomic E-state index is 0.0149. The van der Waals surface area contributed by atoms with Gasteiger partial charge in [0.15, 0.2) is 5.65 Å². The minimum atomic E-state index is 0.0149. The van der Waals surface area contributed by atoms with Crippen molar-refractivity contribution < 1.29 is 9.53 Å². The number of fused-ring (bicyclic) bond motifs is 1. The molecule has 0 aliphatic carbocycles. The standard InChI is InChI=1S/C20H25N7O2/c1-25-19-16(12-24-25)20(23-14-22-19)27-9-7-26(8-10-27)13-18(28)21-11-15-5-3-4-6-17(15)29-2/h3-6,12,14H,7-11,13H2,1-2H3,(H,21,28). The number of aromatic nitrogens is 4. The van der Waals surface area contributed by atoms with Crippen molar-refractivity contribution in [3.63, 3.8) is 0 Å². The van der Waals surface area contributed by atoms with Gasteiger partial charge >= 0.3 is 0 Å². The van der Waals surface area contributed by atoms with Gasteiger partial charge in [-0.2, -0.15) is 5.10 Å². The van der Waals surface area contributed by atoms with Gasteiger partial charge in [-0.25, -0.2) is 9.97 Å². The Labute approximate surface area is 169 Å². The summed E-state index contributed by atoms with van der Waals surface area (Å²) in [6.45, 7) is 4.06. The number of carbonyl (C=O) groups excluding carboxylic acids is 1. The third-order valence-electron chi connectivity index (χ3n) is 5.22. The fraction of sp³-hybridized carbons (Fsp3) is 0.400. The summed E-state index contributed by atoms with van der Waals surface area (Å²) in [6, 6.07) is 7.71. The van der Waals surface area contributed by atoms with Crippen LogP contribution in [0.3, 0.4) is 0 Å². The predicted octanol–water partition coefficient (Wildman–Crippen LogP) is 0.810. The number of hydrogen-bond donors (Lipinski definition) is 1. The van der Waals surface area contributed by atoms with Crippen molar-refractivity contribution in [2.24, 2.45) is 7.05 Å². The molecule has 29 heavy (non-hydrogen) atoms. The van der Waals surface area contributed by atoms with Gasteiger partial charge in [-0.05, 0) is 6.07 Å². The summed E-state index contributed by atoms with van der Waals surface area (Å²) in [6.07, 6.45) is 3.39. The molecule has 3 heterocycles. The molecule has 1 N–H and O–H groups in total. The van der Waals surface area contributed by atoms with Crippen LogP contribution in [-0.2, 0) is 18.4 Å². The fourth-order valence-electron chi connectivity index (χ4n) is 3.62. The highest BCUT2D eigenvalue weighted by atomic mass is 16.5. The van der Waals surface area contributed by atoms with Crippen LogP contribution in [-0.4, -0.2) is 70.4 Å². The molecule has 9 heteroatoms. The van der Waals surface area contributed by atoms with E-state index in [-0.39, 0.29) is 5.91 Å². The Balaban J connectivity index is 1.30. The van der Waals surface area contributed by atoms with E-state index in [0.717, 1.165) is 54.3 Å². The van der Waals surface area contributed by atoms with Crippen LogP contribution in [0.25, 0.3) is 11.0 Å². The number of carbonyl (C=O) groups is 1. The first-order chi connectivity index (χ1) is 14.2. The summed E-state index contributed by atoms with van der Waals surface area (Å²) in [5.41, 5.74) is 1.80. The lowest BCUT2D eigenvalue weighted by Crippen LogP contribution is -2.49. The molecular formula is C20H25N7O2. The van der Waals surface area contributed by atoms with Crippen LogP contribution in [0.2, 0.25) is 0 Å². The molecule has 1 aromatic carbocycles. The van der Waals surface area contributed by atoms with Crippen LogP contribution >= 0.6 is 0 Å². The third kappa shape index (κ3) is 4.14. The molecule has 1 fully saturated rings. The molecule has 1 aliphatic rings. The van der Waals surface area contributed by atoms with Crippen LogP contribution in [0.15, 0.2) is 36.8 Å². The van der Waals surface area contributed by atoms with Crippen molar-refractivity contribution in [1.29, 1.82) is 0 Å². The maximum absolute atomic E-state index is 12.4. The molecule has 3 aromatic rings. The van der Waals surface area contributed by atoms with Gasteiger partial charge in [0.1, 0.15) is 17.9 Å². The van der Waals surface area contributed by atoms with Gasteiger partial charge in [-0.1, -0.05) is 18.2 Å². The maximum atomic E-state index is 12.4. The Morgan fingerprint density at radius 1 is 1.17 bits per heavy atom. The van der Waals surface area contributed by atoms with Crippen molar-refractivity contribution >= 4 is 22.8 Å².